The van der Waals surface area contributed by atoms with Crippen molar-refractivity contribution in [3.8, 4) is 0 Å². The molecule has 0 saturated heterocycles. The largest absolute Gasteiger partial charge is 0.265 e. The van der Waals surface area contributed by atoms with E-state index in [0.29, 0.717) is 0 Å². The van der Waals surface area contributed by atoms with E-state index in [0.717, 1.165) is 22.4 Å². The molecular formula is C58H57N7. The van der Waals surface area contributed by atoms with Crippen molar-refractivity contribution in [3.05, 3.63) is 259 Å². The van der Waals surface area contributed by atoms with Crippen LogP contribution in [0.5, 0.6) is 0 Å². The SMILES string of the molecule is Cc1cccc2cnccc12.Cc1cccc2ncccc12.Cc1ccccn1.Cc1cccnc1.Cc1ccnc2ccccc12.Cc1ccncc1.Cc1nccc2ccccc12. The van der Waals surface area contributed by atoms with E-state index in [1.165, 1.54) is 60.1 Å². The maximum Gasteiger partial charge on any atom is 0.0704 e. The number of aryl methyl sites for hydroxylation is 7. The quantitative estimate of drug-likeness (QED) is 0.150. The zero-order chi connectivity index (χ0) is 46.1. The molecule has 7 heterocycles. The van der Waals surface area contributed by atoms with Gasteiger partial charge in [0.2, 0.25) is 0 Å². The van der Waals surface area contributed by atoms with E-state index in [2.05, 4.69) is 104 Å². The van der Waals surface area contributed by atoms with Crippen molar-refractivity contribution < 1.29 is 0 Å². The molecule has 0 N–H and O–H groups in total. The summed E-state index contributed by atoms with van der Waals surface area (Å²) in [5.41, 5.74) is 10.7. The van der Waals surface area contributed by atoms with Crippen LogP contribution in [0, 0.1) is 48.5 Å². The molecule has 0 aliphatic carbocycles. The van der Waals surface area contributed by atoms with Crippen LogP contribution in [0.25, 0.3) is 43.4 Å². The van der Waals surface area contributed by atoms with E-state index >= 15 is 0 Å². The zero-order valence-corrected chi connectivity index (χ0v) is 38.4. The van der Waals surface area contributed by atoms with E-state index in [-0.39, 0.29) is 0 Å². The smallest absolute Gasteiger partial charge is 0.0704 e. The second-order valence-electron chi connectivity index (χ2n) is 15.1. The lowest BCUT2D eigenvalue weighted by atomic mass is 10.1. The third-order valence-corrected chi connectivity index (χ3v) is 9.97. The summed E-state index contributed by atoms with van der Waals surface area (Å²) in [6.45, 7) is 14.4. The summed E-state index contributed by atoms with van der Waals surface area (Å²) in [4.78, 5) is 28.5. The Labute approximate surface area is 384 Å². The van der Waals surface area contributed by atoms with Gasteiger partial charge in [-0.1, -0.05) is 91.0 Å². The highest BCUT2D eigenvalue weighted by molar-refractivity contribution is 5.85. The molecule has 7 aromatic heterocycles. The first-order valence-electron chi connectivity index (χ1n) is 21.5. The van der Waals surface area contributed by atoms with Gasteiger partial charge in [0, 0.05) is 94.9 Å². The molecule has 0 aliphatic rings. The summed E-state index contributed by atoms with van der Waals surface area (Å²) in [7, 11) is 0. The van der Waals surface area contributed by atoms with Gasteiger partial charge in [-0.05, 0) is 154 Å². The maximum atomic E-state index is 4.24. The number of benzene rings is 4. The second-order valence-corrected chi connectivity index (χ2v) is 15.1. The van der Waals surface area contributed by atoms with Gasteiger partial charge in [0.05, 0.1) is 11.0 Å². The van der Waals surface area contributed by atoms with E-state index < -0.39 is 0 Å². The van der Waals surface area contributed by atoms with Crippen LogP contribution in [0.2, 0.25) is 0 Å². The van der Waals surface area contributed by atoms with Crippen LogP contribution in [-0.4, -0.2) is 34.9 Å². The minimum Gasteiger partial charge on any atom is -0.265 e. The molecule has 0 atom stereocenters. The molecule has 11 aromatic rings. The Kier molecular flexibility index (Phi) is 19.5. The summed E-state index contributed by atoms with van der Waals surface area (Å²) in [6, 6.07) is 52.8. The number of para-hydroxylation sites is 1. The minimum atomic E-state index is 1.07. The van der Waals surface area contributed by atoms with Crippen LogP contribution in [-0.2, 0) is 0 Å². The number of aromatic nitrogens is 7. The Bertz CT molecular complexity index is 2650. The number of hydrogen-bond donors (Lipinski definition) is 0. The summed E-state index contributed by atoms with van der Waals surface area (Å²) in [6.07, 6.45) is 18.2. The highest BCUT2D eigenvalue weighted by Crippen LogP contribution is 2.17. The highest BCUT2D eigenvalue weighted by atomic mass is 14.7. The maximum absolute atomic E-state index is 4.24. The van der Waals surface area contributed by atoms with Gasteiger partial charge in [0.1, 0.15) is 0 Å². The first-order chi connectivity index (χ1) is 31.7. The average Bonchev–Trinajstić information content (AvgIpc) is 3.34. The van der Waals surface area contributed by atoms with Crippen molar-refractivity contribution in [2.75, 3.05) is 0 Å². The van der Waals surface area contributed by atoms with E-state index in [9.17, 15) is 0 Å². The van der Waals surface area contributed by atoms with Crippen molar-refractivity contribution in [3.63, 3.8) is 0 Å². The molecule has 0 fully saturated rings. The van der Waals surface area contributed by atoms with Crippen LogP contribution in [0.15, 0.2) is 220 Å². The summed E-state index contributed by atoms with van der Waals surface area (Å²) < 4.78 is 0. The van der Waals surface area contributed by atoms with E-state index in [1.54, 1.807) is 24.8 Å². The van der Waals surface area contributed by atoms with Crippen molar-refractivity contribution in [1.82, 2.24) is 34.9 Å². The van der Waals surface area contributed by atoms with Crippen LogP contribution in [0.4, 0.5) is 0 Å². The zero-order valence-electron chi connectivity index (χ0n) is 38.4. The van der Waals surface area contributed by atoms with Gasteiger partial charge in [0.15, 0.2) is 0 Å². The molecule has 11 rings (SSSR count). The molecule has 0 radical (unpaired) electrons. The predicted octanol–water partition coefficient (Wildman–Crippen LogP) is 14.3. The van der Waals surface area contributed by atoms with Crippen LogP contribution in [0.3, 0.4) is 0 Å². The summed E-state index contributed by atoms with van der Waals surface area (Å²) in [5, 5.41) is 7.51. The Balaban J connectivity index is 0.000000144. The minimum absolute atomic E-state index is 1.07. The monoisotopic (exact) mass is 851 g/mol. The fraction of sp³-hybridized carbons (Fsp3) is 0.121. The lowest BCUT2D eigenvalue weighted by molar-refractivity contribution is 1.20. The molecule has 7 heteroatoms. The topological polar surface area (TPSA) is 90.2 Å². The Hall–Kier alpha value is -8.03. The molecule has 0 saturated carbocycles. The fourth-order valence-electron chi connectivity index (χ4n) is 6.37. The van der Waals surface area contributed by atoms with Gasteiger partial charge >= 0.3 is 0 Å². The molecule has 324 valence electrons. The second kappa shape index (κ2) is 26.4. The Morgan fingerprint density at radius 2 is 0.831 bits per heavy atom. The van der Waals surface area contributed by atoms with Gasteiger partial charge in [0.25, 0.3) is 0 Å². The van der Waals surface area contributed by atoms with Gasteiger partial charge in [-0.2, -0.15) is 0 Å². The molecule has 0 aliphatic heterocycles. The lowest BCUT2D eigenvalue weighted by Gasteiger charge is -1.98. The number of hydrogen-bond acceptors (Lipinski definition) is 7. The molecule has 7 nitrogen and oxygen atoms in total. The van der Waals surface area contributed by atoms with E-state index in [1.807, 2.05) is 174 Å². The van der Waals surface area contributed by atoms with Crippen LogP contribution < -0.4 is 0 Å². The molecule has 4 aromatic carbocycles. The van der Waals surface area contributed by atoms with Crippen molar-refractivity contribution in [2.45, 2.75) is 48.5 Å². The predicted molar refractivity (Wildman–Crippen MR) is 273 cm³/mol. The van der Waals surface area contributed by atoms with Crippen molar-refractivity contribution in [2.24, 2.45) is 0 Å². The van der Waals surface area contributed by atoms with Crippen LogP contribution in [0.1, 0.15) is 39.2 Å². The molecule has 0 bridgehead atoms. The van der Waals surface area contributed by atoms with Gasteiger partial charge < -0.3 is 0 Å². The fourth-order valence-corrected chi connectivity index (χ4v) is 6.37. The third-order valence-electron chi connectivity index (χ3n) is 9.97. The number of pyridine rings is 7. The summed E-state index contributed by atoms with van der Waals surface area (Å²) in [5.74, 6) is 0. The number of rotatable bonds is 0. The highest BCUT2D eigenvalue weighted by Gasteiger charge is 1.96. The Morgan fingerprint density at radius 1 is 0.277 bits per heavy atom. The number of fused-ring (bicyclic) bond motifs is 4. The number of nitrogens with zero attached hydrogens (tertiary/aromatic N) is 7. The summed E-state index contributed by atoms with van der Waals surface area (Å²) >= 11 is 0. The standard InChI is InChI=1S/4C10H9N.3C6H7N/c1-8-4-2-6-10-9(8)5-3-7-11-10;1-8-3-2-4-9-7-11-6-5-10(8)9;1-8-10-5-3-2-4-9(10)6-7-11-8;1-8-6-7-11-10-5-3-2-4-9(8)10;1-6-2-4-7-5-3-6;1-6-3-2-4-7-5-6;1-6-4-2-3-5-7-6/h4*2-7H,1H3;3*2-5H,1H3. The molecular weight excluding hydrogens is 795 g/mol. The van der Waals surface area contributed by atoms with E-state index in [4.69, 9.17) is 0 Å². The molecule has 0 amide bonds. The molecule has 65 heavy (non-hydrogen) atoms. The van der Waals surface area contributed by atoms with Crippen molar-refractivity contribution >= 4 is 43.4 Å². The molecule has 0 spiro atoms. The first kappa shape index (κ1) is 48.0. The van der Waals surface area contributed by atoms with Crippen molar-refractivity contribution in [1.29, 1.82) is 0 Å². The Morgan fingerprint density at radius 3 is 1.43 bits per heavy atom. The average molecular weight is 852 g/mol. The van der Waals surface area contributed by atoms with Gasteiger partial charge in [-0.15, -0.1) is 0 Å². The lowest BCUT2D eigenvalue weighted by Crippen LogP contribution is -1.80. The molecule has 0 unspecified atom stereocenters. The third kappa shape index (κ3) is 16.3. The van der Waals surface area contributed by atoms with Gasteiger partial charge in [-0.3, -0.25) is 34.9 Å². The van der Waals surface area contributed by atoms with Crippen LogP contribution >= 0.6 is 0 Å². The first-order valence-corrected chi connectivity index (χ1v) is 21.5. The normalized spacial score (nSPS) is 9.77. The van der Waals surface area contributed by atoms with Gasteiger partial charge in [-0.25, -0.2) is 0 Å².